The van der Waals surface area contributed by atoms with Crippen molar-refractivity contribution in [3.05, 3.63) is 65.2 Å². The van der Waals surface area contributed by atoms with E-state index in [0.717, 1.165) is 23.2 Å². The van der Waals surface area contributed by atoms with Gasteiger partial charge in [0.1, 0.15) is 0 Å². The number of hydrogen-bond acceptors (Lipinski definition) is 3. The molecule has 0 aliphatic carbocycles. The van der Waals surface area contributed by atoms with E-state index in [9.17, 15) is 14.4 Å². The van der Waals surface area contributed by atoms with E-state index in [1.54, 1.807) is 24.1 Å². The Morgan fingerprint density at radius 1 is 1.11 bits per heavy atom. The molecule has 0 bridgehead atoms. The standard InChI is InChI=1S/C22H25N3O3/c1-3-16-6-4-5-7-19(16)25-14-18(12-20(25)26)22(28)24-13-15-8-10-17(11-9-15)21(27)23-2/h4-11,18H,3,12-14H2,1-2H3,(H,23,27)(H,24,28). The second-order valence-electron chi connectivity index (χ2n) is 6.88. The van der Waals surface area contributed by atoms with Crippen LogP contribution in [0.1, 0.15) is 34.8 Å². The molecule has 2 aromatic carbocycles. The lowest BCUT2D eigenvalue weighted by Gasteiger charge is -2.20. The van der Waals surface area contributed by atoms with Gasteiger partial charge in [0.15, 0.2) is 0 Å². The van der Waals surface area contributed by atoms with Crippen LogP contribution in [0.2, 0.25) is 0 Å². The summed E-state index contributed by atoms with van der Waals surface area (Å²) in [7, 11) is 1.58. The molecule has 1 saturated heterocycles. The maximum atomic E-state index is 12.6. The van der Waals surface area contributed by atoms with Gasteiger partial charge in [-0.05, 0) is 35.7 Å². The highest BCUT2D eigenvalue weighted by atomic mass is 16.2. The summed E-state index contributed by atoms with van der Waals surface area (Å²) in [5.74, 6) is -0.647. The molecule has 146 valence electrons. The maximum Gasteiger partial charge on any atom is 0.251 e. The van der Waals surface area contributed by atoms with Gasteiger partial charge in [0, 0.05) is 37.8 Å². The van der Waals surface area contributed by atoms with Gasteiger partial charge in [0.05, 0.1) is 5.92 Å². The first-order valence-electron chi connectivity index (χ1n) is 9.50. The Bertz CT molecular complexity index is 877. The van der Waals surface area contributed by atoms with Gasteiger partial charge < -0.3 is 15.5 Å². The van der Waals surface area contributed by atoms with Crippen molar-refractivity contribution in [3.8, 4) is 0 Å². The molecule has 1 heterocycles. The number of nitrogens with zero attached hydrogens (tertiary/aromatic N) is 1. The molecule has 0 saturated carbocycles. The third-order valence-electron chi connectivity index (χ3n) is 5.07. The van der Waals surface area contributed by atoms with Gasteiger partial charge in [-0.25, -0.2) is 0 Å². The Morgan fingerprint density at radius 3 is 2.50 bits per heavy atom. The van der Waals surface area contributed by atoms with Crippen LogP contribution in [0.4, 0.5) is 5.69 Å². The van der Waals surface area contributed by atoms with E-state index in [-0.39, 0.29) is 30.1 Å². The average molecular weight is 379 g/mol. The van der Waals surface area contributed by atoms with Crippen LogP contribution in [0, 0.1) is 5.92 Å². The lowest BCUT2D eigenvalue weighted by atomic mass is 10.1. The van der Waals surface area contributed by atoms with Crippen LogP contribution >= 0.6 is 0 Å². The first-order chi connectivity index (χ1) is 13.5. The van der Waals surface area contributed by atoms with Crippen LogP contribution in [-0.4, -0.2) is 31.3 Å². The van der Waals surface area contributed by atoms with Crippen LogP contribution in [0.5, 0.6) is 0 Å². The van der Waals surface area contributed by atoms with Crippen molar-refractivity contribution in [2.45, 2.75) is 26.3 Å². The Morgan fingerprint density at radius 2 is 1.82 bits per heavy atom. The molecular weight excluding hydrogens is 354 g/mol. The predicted octanol–water partition coefficient (Wildman–Crippen LogP) is 2.28. The van der Waals surface area contributed by atoms with Crippen molar-refractivity contribution in [1.82, 2.24) is 10.6 Å². The Hall–Kier alpha value is -3.15. The zero-order chi connectivity index (χ0) is 20.1. The SMILES string of the molecule is CCc1ccccc1N1CC(C(=O)NCc2ccc(C(=O)NC)cc2)CC1=O. The van der Waals surface area contributed by atoms with Gasteiger partial charge in [0.2, 0.25) is 11.8 Å². The zero-order valence-electron chi connectivity index (χ0n) is 16.2. The second-order valence-corrected chi connectivity index (χ2v) is 6.88. The molecule has 1 unspecified atom stereocenters. The molecule has 6 heteroatoms. The largest absolute Gasteiger partial charge is 0.355 e. The number of rotatable bonds is 6. The average Bonchev–Trinajstić information content (AvgIpc) is 3.13. The summed E-state index contributed by atoms with van der Waals surface area (Å²) in [4.78, 5) is 38.3. The number of benzene rings is 2. The zero-order valence-corrected chi connectivity index (χ0v) is 16.2. The summed E-state index contributed by atoms with van der Waals surface area (Å²) in [6.45, 7) is 2.82. The highest BCUT2D eigenvalue weighted by Gasteiger charge is 2.35. The van der Waals surface area contributed by atoms with E-state index in [4.69, 9.17) is 0 Å². The number of carbonyl (C=O) groups excluding carboxylic acids is 3. The van der Waals surface area contributed by atoms with Crippen molar-refractivity contribution < 1.29 is 14.4 Å². The van der Waals surface area contributed by atoms with E-state index < -0.39 is 0 Å². The van der Waals surface area contributed by atoms with Crippen LogP contribution in [0.15, 0.2) is 48.5 Å². The first-order valence-corrected chi connectivity index (χ1v) is 9.50. The number of para-hydroxylation sites is 1. The highest BCUT2D eigenvalue weighted by Crippen LogP contribution is 2.28. The quantitative estimate of drug-likeness (QED) is 0.808. The Kier molecular flexibility index (Phi) is 6.09. The molecule has 0 radical (unpaired) electrons. The van der Waals surface area contributed by atoms with Crippen LogP contribution in [0.25, 0.3) is 0 Å². The van der Waals surface area contributed by atoms with E-state index in [1.807, 2.05) is 36.4 Å². The number of carbonyl (C=O) groups is 3. The molecule has 0 aromatic heterocycles. The van der Waals surface area contributed by atoms with E-state index in [0.29, 0.717) is 18.7 Å². The van der Waals surface area contributed by atoms with E-state index >= 15 is 0 Å². The molecular formula is C22H25N3O3. The van der Waals surface area contributed by atoms with Gasteiger partial charge in [-0.2, -0.15) is 0 Å². The Labute approximate surface area is 164 Å². The number of amides is 3. The van der Waals surface area contributed by atoms with Gasteiger partial charge in [-0.15, -0.1) is 0 Å². The lowest BCUT2D eigenvalue weighted by molar-refractivity contribution is -0.126. The van der Waals surface area contributed by atoms with Crippen molar-refractivity contribution in [2.24, 2.45) is 5.92 Å². The number of hydrogen-bond donors (Lipinski definition) is 2. The number of aryl methyl sites for hydroxylation is 1. The number of anilines is 1. The van der Waals surface area contributed by atoms with Gasteiger partial charge in [-0.1, -0.05) is 37.3 Å². The van der Waals surface area contributed by atoms with Gasteiger partial charge >= 0.3 is 0 Å². The van der Waals surface area contributed by atoms with Crippen LogP contribution < -0.4 is 15.5 Å². The van der Waals surface area contributed by atoms with Crippen molar-refractivity contribution in [1.29, 1.82) is 0 Å². The molecule has 1 aliphatic heterocycles. The fourth-order valence-corrected chi connectivity index (χ4v) is 3.44. The van der Waals surface area contributed by atoms with Gasteiger partial charge in [0.25, 0.3) is 5.91 Å². The molecule has 2 aromatic rings. The molecule has 1 fully saturated rings. The minimum absolute atomic E-state index is 0.0176. The van der Waals surface area contributed by atoms with Crippen LogP contribution in [0.3, 0.4) is 0 Å². The molecule has 0 spiro atoms. The molecule has 2 N–H and O–H groups in total. The van der Waals surface area contributed by atoms with Crippen LogP contribution in [-0.2, 0) is 22.6 Å². The van der Waals surface area contributed by atoms with Gasteiger partial charge in [-0.3, -0.25) is 14.4 Å². The third kappa shape index (κ3) is 4.22. The summed E-state index contributed by atoms with van der Waals surface area (Å²) in [5, 5.41) is 5.48. The molecule has 3 rings (SSSR count). The Balaban J connectivity index is 1.60. The summed E-state index contributed by atoms with van der Waals surface area (Å²) < 4.78 is 0. The normalized spacial score (nSPS) is 16.1. The lowest BCUT2D eigenvalue weighted by Crippen LogP contribution is -2.32. The fraction of sp³-hybridized carbons (Fsp3) is 0.318. The number of nitrogens with one attached hydrogen (secondary N) is 2. The smallest absolute Gasteiger partial charge is 0.251 e. The monoisotopic (exact) mass is 379 g/mol. The summed E-state index contributed by atoms with van der Waals surface area (Å²) in [6.07, 6.45) is 1.06. The van der Waals surface area contributed by atoms with Crippen molar-refractivity contribution in [2.75, 3.05) is 18.5 Å². The molecule has 6 nitrogen and oxygen atoms in total. The van der Waals surface area contributed by atoms with Crippen molar-refractivity contribution >= 4 is 23.4 Å². The minimum atomic E-state index is -0.359. The molecule has 28 heavy (non-hydrogen) atoms. The van der Waals surface area contributed by atoms with E-state index in [2.05, 4.69) is 17.6 Å². The summed E-state index contributed by atoms with van der Waals surface area (Å²) in [6, 6.07) is 14.9. The molecule has 1 atom stereocenters. The topological polar surface area (TPSA) is 78.5 Å². The summed E-state index contributed by atoms with van der Waals surface area (Å²) in [5.41, 5.74) is 3.48. The maximum absolute atomic E-state index is 12.6. The fourth-order valence-electron chi connectivity index (χ4n) is 3.44. The van der Waals surface area contributed by atoms with Crippen molar-refractivity contribution in [3.63, 3.8) is 0 Å². The second kappa shape index (κ2) is 8.69. The minimum Gasteiger partial charge on any atom is -0.355 e. The molecule has 3 amide bonds. The predicted molar refractivity (Wildman–Crippen MR) is 108 cm³/mol. The third-order valence-corrected chi connectivity index (χ3v) is 5.07. The summed E-state index contributed by atoms with van der Waals surface area (Å²) >= 11 is 0. The first kappa shape index (κ1) is 19.6. The molecule has 1 aliphatic rings. The van der Waals surface area contributed by atoms with E-state index in [1.165, 1.54) is 0 Å². The highest BCUT2D eigenvalue weighted by molar-refractivity contribution is 6.00.